The van der Waals surface area contributed by atoms with Crippen LogP contribution in [0.15, 0.2) is 108 Å². The van der Waals surface area contributed by atoms with E-state index in [1.165, 1.54) is 55.7 Å². The van der Waals surface area contributed by atoms with Crippen molar-refractivity contribution < 1.29 is 30.4 Å². The second kappa shape index (κ2) is 13.3. The van der Waals surface area contributed by atoms with Crippen LogP contribution in [-0.2, 0) is 49.8 Å². The minimum atomic E-state index is -2.82. The van der Waals surface area contributed by atoms with E-state index in [-0.39, 0.29) is 17.4 Å². The molecule has 0 bridgehead atoms. The molecule has 0 aromatic heterocycles. The Kier molecular flexibility index (Phi) is 9.72. The Hall–Kier alpha value is -2.62. The quantitative estimate of drug-likeness (QED) is 0.160. The van der Waals surface area contributed by atoms with Crippen molar-refractivity contribution in [3.05, 3.63) is 153 Å². The van der Waals surface area contributed by atoms with Gasteiger partial charge in [-0.2, -0.15) is 0 Å². The van der Waals surface area contributed by atoms with Crippen LogP contribution in [0.4, 0.5) is 0 Å². The van der Waals surface area contributed by atoms with E-state index in [2.05, 4.69) is 178 Å². The Labute approximate surface area is 298 Å². The molecular formula is C44H53O2SiZr. The van der Waals surface area contributed by atoms with Crippen molar-refractivity contribution >= 4 is 18.1 Å². The Morgan fingerprint density at radius 1 is 0.542 bits per heavy atom. The molecule has 2 unspecified atom stereocenters. The van der Waals surface area contributed by atoms with Gasteiger partial charge in [-0.3, -0.25) is 0 Å². The molecule has 0 aliphatic heterocycles. The maximum absolute atomic E-state index is 6.21. The molecule has 2 aliphatic carbocycles. The Balaban J connectivity index is 1.61. The first-order chi connectivity index (χ1) is 22.7. The fourth-order valence-electron chi connectivity index (χ4n) is 8.28. The summed E-state index contributed by atoms with van der Waals surface area (Å²) in [4.78, 5) is 0. The molecule has 2 nitrogen and oxygen atoms in total. The van der Waals surface area contributed by atoms with Crippen molar-refractivity contribution in [3.8, 4) is 0 Å². The topological polar surface area (TPSA) is 18.5 Å². The summed E-state index contributed by atoms with van der Waals surface area (Å²) in [7, 11) is 0. The summed E-state index contributed by atoms with van der Waals surface area (Å²) in [6, 6.07) is 37.7. The molecule has 0 saturated heterocycles. The standard InChI is InChI=1S/2C21H23O.C2H7Si.Zr/c2*1-15-13-18-7-5-6-8-19(18)20(15)17-11-9-16(10-12-17)14-22-21(2,3)4;1-3-2;/h2*5-13H,14H2,1-4H3;3H,1-2H3;. The molecule has 0 radical (unpaired) electrons. The molecule has 0 N–H and O–H groups in total. The van der Waals surface area contributed by atoms with Gasteiger partial charge in [-0.25, -0.2) is 0 Å². The number of benzene rings is 4. The number of rotatable bonds is 9. The van der Waals surface area contributed by atoms with Crippen LogP contribution in [0.3, 0.4) is 0 Å². The first-order valence-electron chi connectivity index (χ1n) is 17.6. The van der Waals surface area contributed by atoms with E-state index in [1.54, 1.807) is 0 Å². The zero-order chi connectivity index (χ0) is 34.5. The fraction of sp³-hybridized carbons (Fsp3) is 0.364. The van der Waals surface area contributed by atoms with E-state index in [0.717, 1.165) is 0 Å². The Morgan fingerprint density at radius 3 is 1.23 bits per heavy atom. The summed E-state index contributed by atoms with van der Waals surface area (Å²) in [5.41, 5.74) is 13.9. The van der Waals surface area contributed by atoms with E-state index in [0.29, 0.717) is 13.2 Å². The average molecular weight is 733 g/mol. The molecule has 249 valence electrons. The van der Waals surface area contributed by atoms with Crippen molar-refractivity contribution in [2.45, 2.75) is 99.1 Å². The molecule has 4 aromatic rings. The molecule has 2 atom stereocenters. The van der Waals surface area contributed by atoms with E-state index in [9.17, 15) is 0 Å². The number of hydrogen-bond donors (Lipinski definition) is 0. The van der Waals surface area contributed by atoms with Crippen LogP contribution in [0.5, 0.6) is 0 Å². The zero-order valence-electron chi connectivity index (χ0n) is 30.7. The van der Waals surface area contributed by atoms with Gasteiger partial charge in [0, 0.05) is 0 Å². The number of allylic oxidation sites excluding steroid dienone is 2. The van der Waals surface area contributed by atoms with Gasteiger partial charge in [0.05, 0.1) is 0 Å². The van der Waals surface area contributed by atoms with Crippen molar-refractivity contribution in [2.24, 2.45) is 0 Å². The van der Waals surface area contributed by atoms with Gasteiger partial charge in [0.25, 0.3) is 0 Å². The summed E-state index contributed by atoms with van der Waals surface area (Å²) in [5.74, 6) is -1.29. The predicted molar refractivity (Wildman–Crippen MR) is 203 cm³/mol. The van der Waals surface area contributed by atoms with Gasteiger partial charge in [-0.05, 0) is 0 Å². The van der Waals surface area contributed by atoms with Crippen LogP contribution in [0.1, 0.15) is 99.9 Å². The van der Waals surface area contributed by atoms with E-state index < -0.39 is 26.8 Å². The van der Waals surface area contributed by atoms with Gasteiger partial charge in [0.1, 0.15) is 0 Å². The van der Waals surface area contributed by atoms with Gasteiger partial charge in [0.15, 0.2) is 0 Å². The SMILES string of the molecule is CC1=Cc2ccccc2[C]1(c1ccc(COC(C)(C)C)cc1)[Zr]([SiH](C)C)[C]1(c2ccc(COC(C)(C)C)cc2)C(C)=Cc2ccccc21. The van der Waals surface area contributed by atoms with Crippen molar-refractivity contribution in [1.82, 2.24) is 0 Å². The molecule has 0 fully saturated rings. The molecule has 0 heterocycles. The number of ether oxygens (including phenoxy) is 2. The average Bonchev–Trinajstić information content (AvgIpc) is 3.50. The summed E-state index contributed by atoms with van der Waals surface area (Å²) < 4.78 is 12.2. The second-order valence-electron chi connectivity index (χ2n) is 16.1. The number of hydrogen-bond acceptors (Lipinski definition) is 2. The van der Waals surface area contributed by atoms with Crippen LogP contribution < -0.4 is 0 Å². The van der Waals surface area contributed by atoms with Crippen LogP contribution >= 0.6 is 0 Å². The van der Waals surface area contributed by atoms with Crippen molar-refractivity contribution in [1.29, 1.82) is 0 Å². The van der Waals surface area contributed by atoms with E-state index in [4.69, 9.17) is 9.47 Å². The van der Waals surface area contributed by atoms with Gasteiger partial charge in [-0.15, -0.1) is 0 Å². The summed E-state index contributed by atoms with van der Waals surface area (Å²) in [6.45, 7) is 24.2. The zero-order valence-corrected chi connectivity index (χ0v) is 34.3. The molecule has 0 amide bonds. The Morgan fingerprint density at radius 2 is 0.896 bits per heavy atom. The number of fused-ring (bicyclic) bond motifs is 2. The molecule has 0 saturated carbocycles. The normalized spacial score (nSPS) is 20.4. The molecule has 0 spiro atoms. The van der Waals surface area contributed by atoms with Crippen molar-refractivity contribution in [2.75, 3.05) is 0 Å². The van der Waals surface area contributed by atoms with E-state index >= 15 is 0 Å². The van der Waals surface area contributed by atoms with E-state index in [1.807, 2.05) is 0 Å². The van der Waals surface area contributed by atoms with Crippen molar-refractivity contribution in [3.63, 3.8) is 0 Å². The van der Waals surface area contributed by atoms with Gasteiger partial charge >= 0.3 is 300 Å². The molecule has 4 heteroatoms. The summed E-state index contributed by atoms with van der Waals surface area (Å²) in [5, 5.41) is 0. The molecule has 2 aliphatic rings. The van der Waals surface area contributed by atoms with Crippen LogP contribution in [0.2, 0.25) is 13.1 Å². The molecular weight excluding hydrogens is 680 g/mol. The van der Waals surface area contributed by atoms with Crippen LogP contribution in [0.25, 0.3) is 12.2 Å². The monoisotopic (exact) mass is 731 g/mol. The van der Waals surface area contributed by atoms with Crippen LogP contribution in [-0.4, -0.2) is 17.1 Å². The second-order valence-corrected chi connectivity index (χ2v) is 36.1. The van der Waals surface area contributed by atoms with Gasteiger partial charge in [-0.1, -0.05) is 0 Å². The third kappa shape index (κ3) is 6.28. The molecule has 6 rings (SSSR count). The minimum absolute atomic E-state index is 0.108. The third-order valence-corrected chi connectivity index (χ3v) is 33.6. The van der Waals surface area contributed by atoms with Gasteiger partial charge < -0.3 is 0 Å². The van der Waals surface area contributed by atoms with Gasteiger partial charge in [0.2, 0.25) is 0 Å². The first-order valence-corrected chi connectivity index (χ1v) is 27.2. The molecule has 4 aromatic carbocycles. The molecule has 48 heavy (non-hydrogen) atoms. The predicted octanol–water partition coefficient (Wildman–Crippen LogP) is 10.9. The third-order valence-electron chi connectivity index (χ3n) is 10.2. The first kappa shape index (κ1) is 35.2. The fourth-order valence-corrected chi connectivity index (χ4v) is 38.0. The summed E-state index contributed by atoms with van der Waals surface area (Å²) in [6.07, 6.45) is 5.04. The van der Waals surface area contributed by atoms with Crippen LogP contribution in [0, 0.1) is 0 Å². The Bertz CT molecular complexity index is 1710. The maximum atomic E-state index is 6.21. The summed E-state index contributed by atoms with van der Waals surface area (Å²) >= 11 is -2.82.